The maximum Gasteiger partial charge on any atom is 0.307 e. The van der Waals surface area contributed by atoms with Crippen LogP contribution in [0.2, 0.25) is 5.02 Å². The molecule has 0 saturated heterocycles. The fourth-order valence-electron chi connectivity index (χ4n) is 1.33. The number of hydrogen-bond acceptors (Lipinski definition) is 3. The van der Waals surface area contributed by atoms with Gasteiger partial charge in [0.2, 0.25) is 0 Å². The summed E-state index contributed by atoms with van der Waals surface area (Å²) in [6.07, 6.45) is 0.171. The molecule has 0 aliphatic heterocycles. The lowest BCUT2D eigenvalue weighted by Crippen LogP contribution is -2.29. The van der Waals surface area contributed by atoms with Crippen LogP contribution in [0.5, 0.6) is 0 Å². The molecular formula is C12H13BrClNO3. The summed E-state index contributed by atoms with van der Waals surface area (Å²) in [7, 11) is 2.95. The highest BCUT2D eigenvalue weighted by molar-refractivity contribution is 9.10. The molecule has 1 aromatic rings. The lowest BCUT2D eigenvalue weighted by Gasteiger charge is -2.17. The van der Waals surface area contributed by atoms with Crippen molar-refractivity contribution < 1.29 is 14.3 Å². The van der Waals surface area contributed by atoms with Crippen LogP contribution in [0.1, 0.15) is 16.8 Å². The number of hydrogen-bond donors (Lipinski definition) is 0. The molecule has 0 unspecified atom stereocenters. The average molecular weight is 335 g/mol. The van der Waals surface area contributed by atoms with E-state index in [1.54, 1.807) is 25.2 Å². The number of amides is 1. The Morgan fingerprint density at radius 1 is 1.44 bits per heavy atom. The minimum Gasteiger partial charge on any atom is -0.469 e. The molecule has 1 rings (SSSR count). The van der Waals surface area contributed by atoms with Gasteiger partial charge in [-0.15, -0.1) is 0 Å². The van der Waals surface area contributed by atoms with Crippen molar-refractivity contribution in [3.8, 4) is 0 Å². The van der Waals surface area contributed by atoms with Crippen LogP contribution in [0.15, 0.2) is 22.7 Å². The molecule has 0 atom stereocenters. The van der Waals surface area contributed by atoms with Crippen LogP contribution in [0.4, 0.5) is 0 Å². The topological polar surface area (TPSA) is 46.6 Å². The molecule has 0 N–H and O–H groups in total. The quantitative estimate of drug-likeness (QED) is 0.795. The van der Waals surface area contributed by atoms with Crippen molar-refractivity contribution in [1.29, 1.82) is 0 Å². The van der Waals surface area contributed by atoms with E-state index in [-0.39, 0.29) is 18.3 Å². The van der Waals surface area contributed by atoms with Gasteiger partial charge in [0.15, 0.2) is 0 Å². The van der Waals surface area contributed by atoms with E-state index < -0.39 is 0 Å². The molecule has 18 heavy (non-hydrogen) atoms. The molecule has 0 aromatic heterocycles. The third kappa shape index (κ3) is 3.99. The number of benzene rings is 1. The molecule has 98 valence electrons. The second-order valence-corrected chi connectivity index (χ2v) is 4.97. The summed E-state index contributed by atoms with van der Waals surface area (Å²) in [4.78, 5) is 24.5. The first kappa shape index (κ1) is 15.0. The first-order chi connectivity index (χ1) is 8.45. The summed E-state index contributed by atoms with van der Waals surface area (Å²) >= 11 is 9.09. The monoisotopic (exact) mass is 333 g/mol. The molecule has 0 aliphatic rings. The third-order valence-electron chi connectivity index (χ3n) is 2.39. The van der Waals surface area contributed by atoms with Crippen LogP contribution >= 0.6 is 27.5 Å². The average Bonchev–Trinajstić information content (AvgIpc) is 2.34. The van der Waals surface area contributed by atoms with Crippen molar-refractivity contribution in [3.05, 3.63) is 33.3 Å². The Morgan fingerprint density at radius 2 is 2.11 bits per heavy atom. The standard InChI is InChI=1S/C12H13BrClNO3/c1-15(6-5-11(16)18-2)12(17)9-4-3-8(14)7-10(9)13/h3-4,7H,5-6H2,1-2H3. The highest BCUT2D eigenvalue weighted by Crippen LogP contribution is 2.22. The highest BCUT2D eigenvalue weighted by atomic mass is 79.9. The van der Waals surface area contributed by atoms with Crippen LogP contribution in [-0.4, -0.2) is 37.5 Å². The van der Waals surface area contributed by atoms with Crippen molar-refractivity contribution in [1.82, 2.24) is 4.90 Å². The molecule has 0 fully saturated rings. The second kappa shape index (κ2) is 6.75. The van der Waals surface area contributed by atoms with Crippen LogP contribution in [-0.2, 0) is 9.53 Å². The first-order valence-electron chi connectivity index (χ1n) is 5.23. The van der Waals surface area contributed by atoms with E-state index in [9.17, 15) is 9.59 Å². The van der Waals surface area contributed by atoms with E-state index in [1.807, 2.05) is 0 Å². The Kier molecular flexibility index (Phi) is 5.62. The van der Waals surface area contributed by atoms with Crippen molar-refractivity contribution in [2.45, 2.75) is 6.42 Å². The van der Waals surface area contributed by atoms with E-state index in [0.29, 0.717) is 21.6 Å². The number of carbonyl (C=O) groups excluding carboxylic acids is 2. The maximum absolute atomic E-state index is 12.1. The maximum atomic E-state index is 12.1. The van der Waals surface area contributed by atoms with Gasteiger partial charge in [-0.3, -0.25) is 9.59 Å². The summed E-state index contributed by atoms with van der Waals surface area (Å²) in [6, 6.07) is 4.94. The Morgan fingerprint density at radius 3 is 2.67 bits per heavy atom. The largest absolute Gasteiger partial charge is 0.469 e. The van der Waals surface area contributed by atoms with Gasteiger partial charge in [0.25, 0.3) is 5.91 Å². The highest BCUT2D eigenvalue weighted by Gasteiger charge is 2.16. The first-order valence-corrected chi connectivity index (χ1v) is 6.40. The molecule has 0 bridgehead atoms. The van der Waals surface area contributed by atoms with E-state index in [4.69, 9.17) is 11.6 Å². The fraction of sp³-hybridized carbons (Fsp3) is 0.333. The number of nitrogens with zero attached hydrogens (tertiary/aromatic N) is 1. The van der Waals surface area contributed by atoms with Gasteiger partial charge in [0, 0.05) is 23.1 Å². The lowest BCUT2D eigenvalue weighted by molar-refractivity contribution is -0.140. The van der Waals surface area contributed by atoms with E-state index in [0.717, 1.165) is 0 Å². The molecule has 0 heterocycles. The molecule has 6 heteroatoms. The zero-order valence-corrected chi connectivity index (χ0v) is 12.4. The summed E-state index contributed by atoms with van der Waals surface area (Å²) in [5.74, 6) is -0.521. The predicted octanol–water partition coefficient (Wildman–Crippen LogP) is 2.74. The van der Waals surface area contributed by atoms with Crippen LogP contribution < -0.4 is 0 Å². The molecule has 1 aromatic carbocycles. The van der Waals surface area contributed by atoms with Crippen LogP contribution in [0.3, 0.4) is 0 Å². The van der Waals surface area contributed by atoms with Crippen LogP contribution in [0.25, 0.3) is 0 Å². The number of rotatable bonds is 4. The summed E-state index contributed by atoms with van der Waals surface area (Å²) in [6.45, 7) is 0.306. The third-order valence-corrected chi connectivity index (χ3v) is 3.28. The smallest absolute Gasteiger partial charge is 0.307 e. The fourth-order valence-corrected chi connectivity index (χ4v) is 2.18. The van der Waals surface area contributed by atoms with Gasteiger partial charge < -0.3 is 9.64 Å². The van der Waals surface area contributed by atoms with Crippen molar-refractivity contribution in [2.75, 3.05) is 20.7 Å². The van der Waals surface area contributed by atoms with Gasteiger partial charge in [0.1, 0.15) is 0 Å². The van der Waals surface area contributed by atoms with Crippen molar-refractivity contribution >= 4 is 39.4 Å². The summed E-state index contributed by atoms with van der Waals surface area (Å²) < 4.78 is 5.15. The Balaban J connectivity index is 2.71. The Bertz CT molecular complexity index is 465. The molecule has 0 spiro atoms. The van der Waals surface area contributed by atoms with Gasteiger partial charge >= 0.3 is 5.97 Å². The van der Waals surface area contributed by atoms with Gasteiger partial charge in [-0.25, -0.2) is 0 Å². The second-order valence-electron chi connectivity index (χ2n) is 3.68. The van der Waals surface area contributed by atoms with E-state index in [2.05, 4.69) is 20.7 Å². The van der Waals surface area contributed by atoms with Crippen molar-refractivity contribution in [2.24, 2.45) is 0 Å². The van der Waals surface area contributed by atoms with Crippen LogP contribution in [0, 0.1) is 0 Å². The van der Waals surface area contributed by atoms with Gasteiger partial charge in [-0.1, -0.05) is 11.6 Å². The predicted molar refractivity (Wildman–Crippen MR) is 72.7 cm³/mol. The zero-order valence-electron chi connectivity index (χ0n) is 10.1. The minimum absolute atomic E-state index is 0.171. The number of methoxy groups -OCH3 is 1. The van der Waals surface area contributed by atoms with E-state index in [1.165, 1.54) is 12.0 Å². The molecule has 0 aliphatic carbocycles. The van der Waals surface area contributed by atoms with Gasteiger partial charge in [-0.05, 0) is 34.1 Å². The van der Waals surface area contributed by atoms with Gasteiger partial charge in [0.05, 0.1) is 19.1 Å². The van der Waals surface area contributed by atoms with Crippen molar-refractivity contribution in [3.63, 3.8) is 0 Å². The minimum atomic E-state index is -0.343. The van der Waals surface area contributed by atoms with E-state index >= 15 is 0 Å². The number of halogens is 2. The zero-order chi connectivity index (χ0) is 13.7. The number of carbonyl (C=O) groups is 2. The Hall–Kier alpha value is -1.07. The molecule has 4 nitrogen and oxygen atoms in total. The SMILES string of the molecule is COC(=O)CCN(C)C(=O)c1ccc(Cl)cc1Br. The lowest BCUT2D eigenvalue weighted by atomic mass is 10.2. The molecule has 0 radical (unpaired) electrons. The number of esters is 1. The normalized spacial score (nSPS) is 10.0. The van der Waals surface area contributed by atoms with Gasteiger partial charge in [-0.2, -0.15) is 0 Å². The summed E-state index contributed by atoms with van der Waals surface area (Å²) in [5.41, 5.74) is 0.506. The summed E-state index contributed by atoms with van der Waals surface area (Å²) in [5, 5.41) is 0.552. The Labute approximate surface area is 119 Å². The number of ether oxygens (including phenoxy) is 1. The molecule has 0 saturated carbocycles. The molecule has 1 amide bonds. The molecular weight excluding hydrogens is 321 g/mol.